The second-order valence-electron chi connectivity index (χ2n) is 2.49. The molecule has 0 radical (unpaired) electrons. The lowest BCUT2D eigenvalue weighted by Gasteiger charge is -2.24. The molecular weight excluding hydrogens is 217 g/mol. The van der Waals surface area contributed by atoms with E-state index in [4.69, 9.17) is 0 Å². The van der Waals surface area contributed by atoms with Crippen molar-refractivity contribution >= 4 is 0 Å². The smallest absolute Gasteiger partial charge is 0.238 e. The highest BCUT2D eigenvalue weighted by Gasteiger charge is 2.53. The predicted molar refractivity (Wildman–Crippen MR) is 35.8 cm³/mol. The molecule has 3 unspecified atom stereocenters. The SMILES string of the molecule is C=CC(F)C(F)(F)C(F)C(F)C(F)F. The summed E-state index contributed by atoms with van der Waals surface area (Å²) in [6.07, 6.45) is -14.7. The lowest BCUT2D eigenvalue weighted by atomic mass is 10.1. The summed E-state index contributed by atoms with van der Waals surface area (Å²) in [5, 5.41) is 0. The Labute approximate surface area is 75.4 Å². The topological polar surface area (TPSA) is 0 Å². The molecule has 0 aliphatic carbocycles. The van der Waals surface area contributed by atoms with E-state index in [1.165, 1.54) is 0 Å². The lowest BCUT2D eigenvalue weighted by molar-refractivity contribution is -0.153. The second-order valence-corrected chi connectivity index (χ2v) is 2.49. The molecule has 3 atom stereocenters. The highest BCUT2D eigenvalue weighted by atomic mass is 19.3. The van der Waals surface area contributed by atoms with Crippen LogP contribution >= 0.6 is 0 Å². The van der Waals surface area contributed by atoms with Crippen LogP contribution in [0.4, 0.5) is 30.7 Å². The molecule has 84 valence electrons. The molecule has 0 saturated carbocycles. The maximum absolute atomic E-state index is 12.4. The van der Waals surface area contributed by atoms with Crippen molar-refractivity contribution in [3.05, 3.63) is 12.7 Å². The van der Waals surface area contributed by atoms with Gasteiger partial charge in [-0.3, -0.25) is 0 Å². The Morgan fingerprint density at radius 1 is 1.00 bits per heavy atom. The molecule has 7 heteroatoms. The first-order chi connectivity index (χ1) is 6.25. The van der Waals surface area contributed by atoms with Crippen molar-refractivity contribution in [2.75, 3.05) is 0 Å². The highest BCUT2D eigenvalue weighted by molar-refractivity contribution is 4.97. The van der Waals surface area contributed by atoms with Crippen molar-refractivity contribution in [2.45, 2.75) is 30.9 Å². The van der Waals surface area contributed by atoms with Gasteiger partial charge in [0, 0.05) is 0 Å². The molecule has 0 rings (SSSR count). The van der Waals surface area contributed by atoms with E-state index in [2.05, 4.69) is 6.58 Å². The largest absolute Gasteiger partial charge is 0.315 e. The maximum Gasteiger partial charge on any atom is 0.315 e. The van der Waals surface area contributed by atoms with Crippen LogP contribution in [0.3, 0.4) is 0 Å². The van der Waals surface area contributed by atoms with E-state index >= 15 is 0 Å². The molecule has 0 bridgehead atoms. The first-order valence-electron chi connectivity index (χ1n) is 3.45. The summed E-state index contributed by atoms with van der Waals surface area (Å²) in [6, 6.07) is 0. The number of rotatable bonds is 5. The summed E-state index contributed by atoms with van der Waals surface area (Å²) in [4.78, 5) is 0. The summed E-state index contributed by atoms with van der Waals surface area (Å²) >= 11 is 0. The highest BCUT2D eigenvalue weighted by Crippen LogP contribution is 2.33. The molecule has 0 fully saturated rings. The zero-order valence-corrected chi connectivity index (χ0v) is 6.74. The monoisotopic (exact) mass is 224 g/mol. The molecule has 0 saturated heterocycles. The van der Waals surface area contributed by atoms with Gasteiger partial charge in [-0.2, -0.15) is 8.78 Å². The number of hydrogen-bond acceptors (Lipinski definition) is 0. The summed E-state index contributed by atoms with van der Waals surface area (Å²) in [5.74, 6) is -4.84. The van der Waals surface area contributed by atoms with Gasteiger partial charge in [0.1, 0.15) is 0 Å². The maximum atomic E-state index is 12.4. The van der Waals surface area contributed by atoms with Gasteiger partial charge in [-0.25, -0.2) is 22.0 Å². The Morgan fingerprint density at radius 3 is 1.71 bits per heavy atom. The van der Waals surface area contributed by atoms with Gasteiger partial charge in [0.15, 0.2) is 12.3 Å². The fourth-order valence-corrected chi connectivity index (χ4v) is 0.649. The standard InChI is InChI=1S/C7H7F7/c1-2-3(8)7(13,14)5(10)4(9)6(11)12/h2-6H,1H2. The van der Waals surface area contributed by atoms with Gasteiger partial charge in [-0.1, -0.05) is 12.7 Å². The Morgan fingerprint density at radius 2 is 1.43 bits per heavy atom. The minimum Gasteiger partial charge on any atom is -0.238 e. The van der Waals surface area contributed by atoms with E-state index in [9.17, 15) is 30.7 Å². The van der Waals surface area contributed by atoms with E-state index in [0.717, 1.165) is 0 Å². The van der Waals surface area contributed by atoms with Crippen molar-refractivity contribution in [3.8, 4) is 0 Å². The first kappa shape index (κ1) is 13.2. The van der Waals surface area contributed by atoms with Gasteiger partial charge in [0.25, 0.3) is 6.43 Å². The van der Waals surface area contributed by atoms with E-state index < -0.39 is 30.9 Å². The van der Waals surface area contributed by atoms with Gasteiger partial charge < -0.3 is 0 Å². The third-order valence-corrected chi connectivity index (χ3v) is 1.46. The molecule has 0 spiro atoms. The van der Waals surface area contributed by atoms with E-state index in [1.807, 2.05) is 0 Å². The fourth-order valence-electron chi connectivity index (χ4n) is 0.649. The zero-order chi connectivity index (χ0) is 11.5. The molecule has 0 N–H and O–H groups in total. The molecule has 0 amide bonds. The van der Waals surface area contributed by atoms with Crippen LogP contribution in [-0.2, 0) is 0 Å². The first-order valence-corrected chi connectivity index (χ1v) is 3.45. The van der Waals surface area contributed by atoms with E-state index in [0.29, 0.717) is 0 Å². The fraction of sp³-hybridized carbons (Fsp3) is 0.714. The van der Waals surface area contributed by atoms with Gasteiger partial charge in [0.05, 0.1) is 0 Å². The van der Waals surface area contributed by atoms with Gasteiger partial charge in [-0.05, 0) is 0 Å². The molecule has 0 heterocycles. The Balaban J connectivity index is 4.64. The van der Waals surface area contributed by atoms with Crippen molar-refractivity contribution in [1.82, 2.24) is 0 Å². The predicted octanol–water partition coefficient (Wildman–Crippen LogP) is 3.09. The van der Waals surface area contributed by atoms with E-state index in [-0.39, 0.29) is 6.08 Å². The number of halogens is 7. The van der Waals surface area contributed by atoms with Crippen LogP contribution in [0.25, 0.3) is 0 Å². The van der Waals surface area contributed by atoms with Crippen molar-refractivity contribution in [2.24, 2.45) is 0 Å². The van der Waals surface area contributed by atoms with Crippen LogP contribution in [-0.4, -0.2) is 30.9 Å². The third-order valence-electron chi connectivity index (χ3n) is 1.46. The summed E-state index contributed by atoms with van der Waals surface area (Å²) < 4.78 is 84.6. The average Bonchev–Trinajstić information content (AvgIpc) is 2.13. The third kappa shape index (κ3) is 2.62. The quantitative estimate of drug-likeness (QED) is 0.497. The van der Waals surface area contributed by atoms with Crippen LogP contribution in [0.5, 0.6) is 0 Å². The molecule has 0 aromatic rings. The molecule has 0 aromatic carbocycles. The number of hydrogen-bond donors (Lipinski definition) is 0. The molecular formula is C7H7F7. The van der Waals surface area contributed by atoms with Gasteiger partial charge in [0.2, 0.25) is 6.17 Å². The second kappa shape index (κ2) is 4.65. The molecule has 0 aromatic heterocycles. The van der Waals surface area contributed by atoms with E-state index in [1.54, 1.807) is 0 Å². The summed E-state index contributed by atoms with van der Waals surface area (Å²) in [6.45, 7) is 2.58. The minimum atomic E-state index is -4.84. The van der Waals surface area contributed by atoms with Gasteiger partial charge in [-0.15, -0.1) is 0 Å². The minimum absolute atomic E-state index is 0.0186. The van der Waals surface area contributed by atoms with Crippen LogP contribution in [0.1, 0.15) is 0 Å². The Hall–Kier alpha value is -0.750. The van der Waals surface area contributed by atoms with Crippen LogP contribution in [0.2, 0.25) is 0 Å². The van der Waals surface area contributed by atoms with Crippen molar-refractivity contribution < 1.29 is 30.7 Å². The van der Waals surface area contributed by atoms with Crippen molar-refractivity contribution in [1.29, 1.82) is 0 Å². The summed E-state index contributed by atoms with van der Waals surface area (Å²) in [7, 11) is 0. The molecule has 0 aliphatic rings. The Kier molecular flexibility index (Phi) is 4.41. The number of alkyl halides is 7. The summed E-state index contributed by atoms with van der Waals surface area (Å²) in [5.41, 5.74) is 0. The zero-order valence-electron chi connectivity index (χ0n) is 6.74. The average molecular weight is 224 g/mol. The number of allylic oxidation sites excluding steroid dienone is 1. The molecule has 0 nitrogen and oxygen atoms in total. The molecule has 0 aliphatic heterocycles. The van der Waals surface area contributed by atoms with Crippen molar-refractivity contribution in [3.63, 3.8) is 0 Å². The lowest BCUT2D eigenvalue weighted by Crippen LogP contribution is -2.46. The van der Waals surface area contributed by atoms with Crippen LogP contribution in [0, 0.1) is 0 Å². The normalized spacial score (nSPS) is 19.1. The van der Waals surface area contributed by atoms with Gasteiger partial charge >= 0.3 is 5.92 Å². The van der Waals surface area contributed by atoms with Crippen LogP contribution in [0.15, 0.2) is 12.7 Å². The Bertz CT molecular complexity index is 190. The van der Waals surface area contributed by atoms with Crippen LogP contribution < -0.4 is 0 Å². The molecule has 14 heavy (non-hydrogen) atoms.